The van der Waals surface area contributed by atoms with Gasteiger partial charge in [-0.3, -0.25) is 9.59 Å². The van der Waals surface area contributed by atoms with Gasteiger partial charge in [0.2, 0.25) is 11.8 Å². The number of hydrogen-bond acceptors (Lipinski definition) is 3. The maximum atomic E-state index is 12.7. The molecule has 1 unspecified atom stereocenters. The van der Waals surface area contributed by atoms with Crippen molar-refractivity contribution in [2.75, 3.05) is 26.2 Å². The fourth-order valence-electron chi connectivity index (χ4n) is 3.04. The monoisotopic (exact) mass is 386 g/mol. The van der Waals surface area contributed by atoms with E-state index in [4.69, 9.17) is 4.74 Å². The minimum atomic E-state index is -4.42. The molecule has 1 atom stereocenters. The number of alkyl halides is 3. The third kappa shape index (κ3) is 6.45. The lowest BCUT2D eigenvalue weighted by Crippen LogP contribution is -2.46. The van der Waals surface area contributed by atoms with Gasteiger partial charge in [0.05, 0.1) is 18.0 Å². The van der Waals surface area contributed by atoms with Gasteiger partial charge < -0.3 is 15.0 Å². The molecule has 150 valence electrons. The quantitative estimate of drug-likeness (QED) is 0.732. The van der Waals surface area contributed by atoms with Gasteiger partial charge in [-0.25, -0.2) is 0 Å². The zero-order valence-corrected chi connectivity index (χ0v) is 15.3. The Kier molecular flexibility index (Phi) is 7.50. The molecule has 1 fully saturated rings. The maximum Gasteiger partial charge on any atom is 0.416 e. The number of piperidine rings is 1. The second-order valence-corrected chi connectivity index (χ2v) is 6.59. The fourth-order valence-corrected chi connectivity index (χ4v) is 3.04. The minimum absolute atomic E-state index is 0.0677. The van der Waals surface area contributed by atoms with Crippen molar-refractivity contribution in [2.24, 2.45) is 5.92 Å². The summed E-state index contributed by atoms with van der Waals surface area (Å²) < 4.78 is 43.3. The molecular formula is C19H25F3N2O3. The Morgan fingerprint density at radius 1 is 1.33 bits per heavy atom. The van der Waals surface area contributed by atoms with Crippen LogP contribution in [0.3, 0.4) is 0 Å². The number of amides is 2. The maximum absolute atomic E-state index is 12.7. The van der Waals surface area contributed by atoms with Crippen molar-refractivity contribution in [3.8, 4) is 5.75 Å². The molecule has 8 heteroatoms. The van der Waals surface area contributed by atoms with Crippen molar-refractivity contribution in [1.82, 2.24) is 10.2 Å². The van der Waals surface area contributed by atoms with Crippen LogP contribution < -0.4 is 10.1 Å². The van der Waals surface area contributed by atoms with E-state index in [9.17, 15) is 22.8 Å². The molecule has 5 nitrogen and oxygen atoms in total. The first kappa shape index (κ1) is 21.1. The number of carbonyl (C=O) groups is 2. The van der Waals surface area contributed by atoms with Gasteiger partial charge in [0, 0.05) is 19.5 Å². The van der Waals surface area contributed by atoms with Crippen LogP contribution >= 0.6 is 0 Å². The van der Waals surface area contributed by atoms with Gasteiger partial charge in [-0.2, -0.15) is 13.2 Å². The predicted octanol–water partition coefficient (Wildman–Crippen LogP) is 3.24. The highest BCUT2D eigenvalue weighted by Gasteiger charge is 2.30. The van der Waals surface area contributed by atoms with Crippen LogP contribution in [0.2, 0.25) is 0 Å². The predicted molar refractivity (Wildman–Crippen MR) is 94.2 cm³/mol. The van der Waals surface area contributed by atoms with Gasteiger partial charge in [-0.15, -0.1) is 0 Å². The Hall–Kier alpha value is -2.25. The number of rotatable bonds is 7. The number of likely N-dealkylation sites (tertiary alicyclic amines) is 1. The van der Waals surface area contributed by atoms with E-state index in [1.54, 1.807) is 4.90 Å². The topological polar surface area (TPSA) is 58.6 Å². The van der Waals surface area contributed by atoms with Crippen molar-refractivity contribution in [2.45, 2.75) is 38.8 Å². The van der Waals surface area contributed by atoms with Crippen LogP contribution in [-0.2, 0) is 15.8 Å². The summed E-state index contributed by atoms with van der Waals surface area (Å²) in [6, 6.07) is 4.62. The highest BCUT2D eigenvalue weighted by molar-refractivity contribution is 5.81. The summed E-state index contributed by atoms with van der Waals surface area (Å²) >= 11 is 0. The highest BCUT2D eigenvalue weighted by Crippen LogP contribution is 2.31. The van der Waals surface area contributed by atoms with E-state index in [1.807, 2.05) is 6.92 Å². The summed E-state index contributed by atoms with van der Waals surface area (Å²) in [5.74, 6) is -0.235. The molecule has 1 saturated heterocycles. The van der Waals surface area contributed by atoms with E-state index >= 15 is 0 Å². The first-order valence-electron chi connectivity index (χ1n) is 9.16. The first-order valence-corrected chi connectivity index (χ1v) is 9.16. The molecule has 1 heterocycles. The Bertz CT molecular complexity index is 649. The van der Waals surface area contributed by atoms with Crippen molar-refractivity contribution in [1.29, 1.82) is 0 Å². The van der Waals surface area contributed by atoms with Gasteiger partial charge in [-0.1, -0.05) is 13.0 Å². The molecule has 0 saturated carbocycles. The van der Waals surface area contributed by atoms with Gasteiger partial charge in [0.25, 0.3) is 0 Å². The van der Waals surface area contributed by atoms with Crippen LogP contribution in [0.1, 0.15) is 38.2 Å². The van der Waals surface area contributed by atoms with Gasteiger partial charge in [0.15, 0.2) is 0 Å². The lowest BCUT2D eigenvalue weighted by molar-refractivity contribution is -0.138. The average Bonchev–Trinajstić information content (AvgIpc) is 2.65. The molecule has 0 spiro atoms. The van der Waals surface area contributed by atoms with Crippen LogP contribution in [0.15, 0.2) is 24.3 Å². The molecule has 0 bridgehead atoms. The fraction of sp³-hybridized carbons (Fsp3) is 0.579. The Labute approximate surface area is 156 Å². The smallest absolute Gasteiger partial charge is 0.416 e. The van der Waals surface area contributed by atoms with E-state index < -0.39 is 11.7 Å². The van der Waals surface area contributed by atoms with E-state index in [-0.39, 0.29) is 36.6 Å². The number of ether oxygens (including phenoxy) is 1. The van der Waals surface area contributed by atoms with Gasteiger partial charge >= 0.3 is 6.18 Å². The Morgan fingerprint density at radius 2 is 2.11 bits per heavy atom. The molecule has 2 rings (SSSR count). The largest absolute Gasteiger partial charge is 0.492 e. The molecule has 1 aromatic carbocycles. The number of halogens is 3. The lowest BCUT2D eigenvalue weighted by atomic mass is 9.97. The molecule has 0 radical (unpaired) electrons. The number of nitrogens with one attached hydrogen (secondary N) is 1. The van der Waals surface area contributed by atoms with Crippen LogP contribution in [0.5, 0.6) is 5.75 Å². The molecule has 27 heavy (non-hydrogen) atoms. The molecule has 0 aromatic heterocycles. The molecule has 0 aliphatic carbocycles. The van der Waals surface area contributed by atoms with Crippen molar-refractivity contribution in [3.05, 3.63) is 29.8 Å². The summed E-state index contributed by atoms with van der Waals surface area (Å²) in [4.78, 5) is 26.0. The summed E-state index contributed by atoms with van der Waals surface area (Å²) in [5, 5.41) is 2.73. The summed E-state index contributed by atoms with van der Waals surface area (Å²) in [6.45, 7) is 3.30. The average molecular weight is 386 g/mol. The van der Waals surface area contributed by atoms with Crippen molar-refractivity contribution in [3.63, 3.8) is 0 Å². The van der Waals surface area contributed by atoms with Crippen molar-refractivity contribution >= 4 is 11.8 Å². The van der Waals surface area contributed by atoms with E-state index in [1.165, 1.54) is 12.1 Å². The molecule has 2 amide bonds. The molecular weight excluding hydrogens is 361 g/mol. The zero-order chi connectivity index (χ0) is 19.9. The number of benzene rings is 1. The third-order valence-corrected chi connectivity index (χ3v) is 4.44. The van der Waals surface area contributed by atoms with E-state index in [2.05, 4.69) is 5.32 Å². The van der Waals surface area contributed by atoms with Gasteiger partial charge in [-0.05, 0) is 37.5 Å². The summed E-state index contributed by atoms with van der Waals surface area (Å²) in [6.07, 6.45) is -1.65. The van der Waals surface area contributed by atoms with Crippen molar-refractivity contribution < 1.29 is 27.5 Å². The summed E-state index contributed by atoms with van der Waals surface area (Å²) in [5.41, 5.74) is -0.775. The molecule has 1 N–H and O–H groups in total. The van der Waals surface area contributed by atoms with Gasteiger partial charge in [0.1, 0.15) is 12.4 Å². The molecule has 1 aliphatic rings. The lowest BCUT2D eigenvalue weighted by Gasteiger charge is -2.32. The van der Waals surface area contributed by atoms with Crippen LogP contribution in [-0.4, -0.2) is 43.0 Å². The Morgan fingerprint density at radius 3 is 2.81 bits per heavy atom. The number of nitrogens with zero attached hydrogens (tertiary/aromatic N) is 1. The standard InChI is InChI=1S/C19H25F3N2O3/c1-2-5-17(25)24-10-4-6-14(13-24)18(26)23-9-11-27-16-8-3-7-15(12-16)19(20,21)22/h3,7-8,12,14H,2,4-6,9-11,13H2,1H3,(H,23,26). The molecule has 1 aromatic rings. The SMILES string of the molecule is CCCC(=O)N1CCCC(C(=O)NCCOc2cccc(C(F)(F)F)c2)C1. The first-order chi connectivity index (χ1) is 12.8. The second kappa shape index (κ2) is 9.62. The zero-order valence-electron chi connectivity index (χ0n) is 15.3. The normalized spacial score (nSPS) is 17.5. The van der Waals surface area contributed by atoms with E-state index in [0.717, 1.165) is 31.4 Å². The van der Waals surface area contributed by atoms with Crippen LogP contribution in [0, 0.1) is 5.92 Å². The van der Waals surface area contributed by atoms with Crippen LogP contribution in [0.25, 0.3) is 0 Å². The second-order valence-electron chi connectivity index (χ2n) is 6.59. The minimum Gasteiger partial charge on any atom is -0.492 e. The third-order valence-electron chi connectivity index (χ3n) is 4.44. The van der Waals surface area contributed by atoms with E-state index in [0.29, 0.717) is 19.5 Å². The van der Waals surface area contributed by atoms with Crippen LogP contribution in [0.4, 0.5) is 13.2 Å². The Balaban J connectivity index is 1.75. The number of hydrogen-bond donors (Lipinski definition) is 1. The highest BCUT2D eigenvalue weighted by atomic mass is 19.4. The summed E-state index contributed by atoms with van der Waals surface area (Å²) in [7, 11) is 0. The number of carbonyl (C=O) groups excluding carboxylic acids is 2. The molecule has 1 aliphatic heterocycles.